The van der Waals surface area contributed by atoms with E-state index in [1.54, 1.807) is 18.7 Å². The zero-order valence-electron chi connectivity index (χ0n) is 15.1. The van der Waals surface area contributed by atoms with Crippen LogP contribution in [0.25, 0.3) is 0 Å². The normalized spacial score (nSPS) is 16.1. The van der Waals surface area contributed by atoms with Crippen molar-refractivity contribution in [3.05, 3.63) is 17.0 Å². The first-order valence-electron chi connectivity index (χ1n) is 8.43. The van der Waals surface area contributed by atoms with Crippen LogP contribution < -0.4 is 5.32 Å². The van der Waals surface area contributed by atoms with E-state index >= 15 is 0 Å². The van der Waals surface area contributed by atoms with Gasteiger partial charge in [0.15, 0.2) is 0 Å². The summed E-state index contributed by atoms with van der Waals surface area (Å²) in [5.74, 6) is 0.370. The number of ether oxygens (including phenoxy) is 1. The molecule has 0 bridgehead atoms. The molecule has 1 aliphatic heterocycles. The quantitative estimate of drug-likeness (QED) is 0.916. The average molecular weight is 337 g/mol. The molecule has 7 nitrogen and oxygen atoms in total. The fourth-order valence-electron chi connectivity index (χ4n) is 2.83. The maximum absolute atomic E-state index is 12.7. The van der Waals surface area contributed by atoms with Crippen molar-refractivity contribution in [2.75, 3.05) is 19.7 Å². The van der Waals surface area contributed by atoms with Crippen molar-refractivity contribution in [1.29, 1.82) is 0 Å². The number of carbonyl (C=O) groups excluding carboxylic acids is 2. The summed E-state index contributed by atoms with van der Waals surface area (Å²) in [7, 11) is 0. The number of amides is 2. The van der Waals surface area contributed by atoms with Crippen molar-refractivity contribution in [1.82, 2.24) is 15.4 Å². The molecule has 0 aliphatic carbocycles. The molecule has 0 unspecified atom stereocenters. The first-order valence-corrected chi connectivity index (χ1v) is 8.43. The Morgan fingerprint density at radius 1 is 1.33 bits per heavy atom. The highest BCUT2D eigenvalue weighted by atomic mass is 16.6. The highest BCUT2D eigenvalue weighted by Gasteiger charge is 2.31. The molecule has 134 valence electrons. The van der Waals surface area contributed by atoms with Gasteiger partial charge in [0.2, 0.25) is 0 Å². The molecule has 1 saturated heterocycles. The third kappa shape index (κ3) is 4.07. The van der Waals surface area contributed by atoms with Gasteiger partial charge in [0.1, 0.15) is 17.0 Å². The van der Waals surface area contributed by atoms with Crippen molar-refractivity contribution in [3.63, 3.8) is 0 Å². The summed E-state index contributed by atoms with van der Waals surface area (Å²) in [6.07, 6.45) is 1.13. The molecule has 0 atom stereocenters. The Hall–Kier alpha value is -2.05. The lowest BCUT2D eigenvalue weighted by molar-refractivity contribution is 0.0858. The maximum atomic E-state index is 12.7. The summed E-state index contributed by atoms with van der Waals surface area (Å²) >= 11 is 0. The number of hydrogen-bond donors (Lipinski definition) is 1. The lowest BCUT2D eigenvalue weighted by Crippen LogP contribution is -2.47. The van der Waals surface area contributed by atoms with Gasteiger partial charge in [-0.15, -0.1) is 0 Å². The number of nitrogens with one attached hydrogen (secondary N) is 1. The molecule has 24 heavy (non-hydrogen) atoms. The van der Waals surface area contributed by atoms with Crippen molar-refractivity contribution in [2.45, 2.75) is 58.9 Å². The fraction of sp³-hybridized carbons (Fsp3) is 0.706. The predicted octanol–water partition coefficient (Wildman–Crippen LogP) is 2.63. The Kier molecular flexibility index (Phi) is 5.51. The molecule has 0 spiro atoms. The number of rotatable bonds is 3. The smallest absolute Gasteiger partial charge is 0.409 e. The molecule has 1 N–H and O–H groups in total. The molecule has 1 aliphatic rings. The van der Waals surface area contributed by atoms with Gasteiger partial charge in [-0.25, -0.2) is 4.79 Å². The van der Waals surface area contributed by atoms with E-state index in [-0.39, 0.29) is 23.5 Å². The number of piperidine rings is 1. The molecule has 2 rings (SSSR count). The molecule has 1 aromatic heterocycles. The van der Waals surface area contributed by atoms with E-state index < -0.39 is 0 Å². The van der Waals surface area contributed by atoms with Crippen LogP contribution in [0.2, 0.25) is 0 Å². The number of carbonyl (C=O) groups is 2. The molecule has 2 heterocycles. The Bertz CT molecular complexity index is 595. The summed E-state index contributed by atoms with van der Waals surface area (Å²) in [4.78, 5) is 26.1. The van der Waals surface area contributed by atoms with E-state index in [2.05, 4.69) is 10.5 Å². The molecule has 2 amide bonds. The second-order valence-corrected chi connectivity index (χ2v) is 7.15. The molecule has 1 aromatic rings. The van der Waals surface area contributed by atoms with Crippen LogP contribution in [0.1, 0.15) is 62.3 Å². The van der Waals surface area contributed by atoms with Crippen LogP contribution in [0.15, 0.2) is 4.52 Å². The summed E-state index contributed by atoms with van der Waals surface area (Å²) in [6.45, 7) is 11.1. The Labute approximate surface area is 142 Å². The first kappa shape index (κ1) is 18.3. The molecular weight excluding hydrogens is 310 g/mol. The standard InChI is InChI=1S/C17H27N3O4/c1-6-23-16(22)20-9-7-12(8-10-20)18-15(21)13-11(2)24-19-14(13)17(3,4)5/h12H,6-10H2,1-5H3,(H,18,21). The van der Waals surface area contributed by atoms with Crippen LogP contribution in [0.4, 0.5) is 4.79 Å². The average Bonchev–Trinajstić information content (AvgIpc) is 2.90. The minimum absolute atomic E-state index is 0.0327. The van der Waals surface area contributed by atoms with Gasteiger partial charge in [-0.1, -0.05) is 25.9 Å². The highest BCUT2D eigenvalue weighted by molar-refractivity contribution is 5.96. The zero-order valence-corrected chi connectivity index (χ0v) is 15.1. The monoisotopic (exact) mass is 337 g/mol. The maximum Gasteiger partial charge on any atom is 0.409 e. The van der Waals surface area contributed by atoms with E-state index in [4.69, 9.17) is 9.26 Å². The fourth-order valence-corrected chi connectivity index (χ4v) is 2.83. The van der Waals surface area contributed by atoms with Crippen LogP contribution in [-0.4, -0.2) is 47.8 Å². The predicted molar refractivity (Wildman–Crippen MR) is 89.0 cm³/mol. The molecule has 1 fully saturated rings. The number of nitrogens with zero attached hydrogens (tertiary/aromatic N) is 2. The van der Waals surface area contributed by atoms with Gasteiger partial charge >= 0.3 is 6.09 Å². The Morgan fingerprint density at radius 3 is 2.50 bits per heavy atom. The SMILES string of the molecule is CCOC(=O)N1CCC(NC(=O)c2c(C(C)(C)C)noc2C)CC1. The number of hydrogen-bond acceptors (Lipinski definition) is 5. The minimum atomic E-state index is -0.285. The van der Waals surface area contributed by atoms with Crippen LogP contribution in [0.3, 0.4) is 0 Å². The van der Waals surface area contributed by atoms with Gasteiger partial charge in [-0.3, -0.25) is 4.79 Å². The van der Waals surface area contributed by atoms with Gasteiger partial charge in [0.05, 0.1) is 6.61 Å². The van der Waals surface area contributed by atoms with Gasteiger partial charge in [0, 0.05) is 24.5 Å². The summed E-state index contributed by atoms with van der Waals surface area (Å²) < 4.78 is 10.2. The Balaban J connectivity index is 1.98. The lowest BCUT2D eigenvalue weighted by Gasteiger charge is -2.31. The van der Waals surface area contributed by atoms with Gasteiger partial charge in [0.25, 0.3) is 5.91 Å². The second-order valence-electron chi connectivity index (χ2n) is 7.15. The largest absolute Gasteiger partial charge is 0.450 e. The van der Waals surface area contributed by atoms with E-state index in [1.807, 2.05) is 20.8 Å². The molecule has 0 saturated carbocycles. The van der Waals surface area contributed by atoms with Crippen LogP contribution >= 0.6 is 0 Å². The summed E-state index contributed by atoms with van der Waals surface area (Å²) in [5.41, 5.74) is 0.925. The molecule has 0 aromatic carbocycles. The van der Waals surface area contributed by atoms with Gasteiger partial charge in [-0.2, -0.15) is 0 Å². The van der Waals surface area contributed by atoms with Crippen molar-refractivity contribution < 1.29 is 18.8 Å². The zero-order chi connectivity index (χ0) is 17.9. The number of aromatic nitrogens is 1. The van der Waals surface area contributed by atoms with Crippen LogP contribution in [-0.2, 0) is 10.2 Å². The third-order valence-electron chi connectivity index (χ3n) is 4.16. The number of aryl methyl sites for hydroxylation is 1. The van der Waals surface area contributed by atoms with Crippen molar-refractivity contribution >= 4 is 12.0 Å². The minimum Gasteiger partial charge on any atom is -0.450 e. The van der Waals surface area contributed by atoms with Gasteiger partial charge in [-0.05, 0) is 26.7 Å². The van der Waals surface area contributed by atoms with Crippen molar-refractivity contribution in [2.24, 2.45) is 0 Å². The topological polar surface area (TPSA) is 84.7 Å². The number of likely N-dealkylation sites (tertiary alicyclic amines) is 1. The highest BCUT2D eigenvalue weighted by Crippen LogP contribution is 2.27. The van der Waals surface area contributed by atoms with Crippen molar-refractivity contribution in [3.8, 4) is 0 Å². The van der Waals surface area contributed by atoms with E-state index in [1.165, 1.54) is 0 Å². The Morgan fingerprint density at radius 2 is 1.96 bits per heavy atom. The molecular formula is C17H27N3O4. The van der Waals surface area contributed by atoms with E-state index in [9.17, 15) is 9.59 Å². The first-order chi connectivity index (χ1) is 11.2. The third-order valence-corrected chi connectivity index (χ3v) is 4.16. The van der Waals surface area contributed by atoms with Crippen LogP contribution in [0.5, 0.6) is 0 Å². The lowest BCUT2D eigenvalue weighted by atomic mass is 9.88. The van der Waals surface area contributed by atoms with Crippen LogP contribution in [0, 0.1) is 6.92 Å². The molecule has 7 heteroatoms. The summed E-state index contributed by atoms with van der Waals surface area (Å²) in [5, 5.41) is 7.10. The van der Waals surface area contributed by atoms with E-state index in [0.717, 1.165) is 0 Å². The van der Waals surface area contributed by atoms with E-state index in [0.29, 0.717) is 49.6 Å². The molecule has 0 radical (unpaired) electrons. The van der Waals surface area contributed by atoms with Gasteiger partial charge < -0.3 is 19.5 Å². The summed E-state index contributed by atoms with van der Waals surface area (Å²) in [6, 6.07) is 0.0327. The second kappa shape index (κ2) is 7.23.